The largest absolute Gasteiger partial charge is 0.489 e. The Kier molecular flexibility index (Phi) is 4.12. The van der Waals surface area contributed by atoms with Crippen molar-refractivity contribution in [2.24, 2.45) is 0 Å². The van der Waals surface area contributed by atoms with Crippen molar-refractivity contribution in [2.45, 2.75) is 6.61 Å². The standard InChI is InChI=1S/C14H9ClF2O2/c15-12-2-1-3-13(16)11(12)8-19-10-5-4-9(7-18)14(17)6-10/h1-7H,8H2. The molecule has 0 aromatic heterocycles. The summed E-state index contributed by atoms with van der Waals surface area (Å²) in [4.78, 5) is 10.5. The average molecular weight is 283 g/mol. The Morgan fingerprint density at radius 1 is 1.16 bits per heavy atom. The summed E-state index contributed by atoms with van der Waals surface area (Å²) < 4.78 is 32.0. The fourth-order valence-electron chi connectivity index (χ4n) is 1.52. The zero-order chi connectivity index (χ0) is 13.8. The van der Waals surface area contributed by atoms with Gasteiger partial charge in [-0.3, -0.25) is 4.79 Å². The maximum Gasteiger partial charge on any atom is 0.152 e. The molecule has 5 heteroatoms. The number of hydrogen-bond donors (Lipinski definition) is 0. The van der Waals surface area contributed by atoms with Gasteiger partial charge in [0.05, 0.1) is 10.6 Å². The highest BCUT2D eigenvalue weighted by Gasteiger charge is 2.09. The second kappa shape index (κ2) is 5.80. The summed E-state index contributed by atoms with van der Waals surface area (Å²) in [5, 5.41) is 0.241. The van der Waals surface area contributed by atoms with E-state index in [9.17, 15) is 13.6 Å². The summed E-state index contributed by atoms with van der Waals surface area (Å²) in [6.45, 7) is -0.120. The van der Waals surface area contributed by atoms with Gasteiger partial charge in [0, 0.05) is 11.6 Å². The van der Waals surface area contributed by atoms with Crippen LogP contribution >= 0.6 is 11.6 Å². The lowest BCUT2D eigenvalue weighted by molar-refractivity contribution is 0.111. The zero-order valence-electron chi connectivity index (χ0n) is 9.70. The van der Waals surface area contributed by atoms with Crippen LogP contribution in [-0.4, -0.2) is 6.29 Å². The van der Waals surface area contributed by atoms with E-state index in [1.165, 1.54) is 24.3 Å². The highest BCUT2D eigenvalue weighted by Crippen LogP contribution is 2.22. The number of carbonyl (C=O) groups excluding carboxylic acids is 1. The minimum absolute atomic E-state index is 0.0590. The first kappa shape index (κ1) is 13.5. The SMILES string of the molecule is O=Cc1ccc(OCc2c(F)cccc2Cl)cc1F. The molecule has 0 aliphatic rings. The molecule has 98 valence electrons. The molecule has 0 heterocycles. The van der Waals surface area contributed by atoms with E-state index in [4.69, 9.17) is 16.3 Å². The lowest BCUT2D eigenvalue weighted by Crippen LogP contribution is -2.00. The zero-order valence-corrected chi connectivity index (χ0v) is 10.5. The molecule has 0 aliphatic heterocycles. The lowest BCUT2D eigenvalue weighted by atomic mass is 10.2. The molecule has 0 bridgehead atoms. The second-order valence-corrected chi connectivity index (χ2v) is 4.20. The van der Waals surface area contributed by atoms with Crippen molar-refractivity contribution in [3.05, 3.63) is 64.2 Å². The van der Waals surface area contributed by atoms with E-state index < -0.39 is 11.6 Å². The molecule has 19 heavy (non-hydrogen) atoms. The normalized spacial score (nSPS) is 10.3. The molecule has 0 unspecified atom stereocenters. The van der Waals surface area contributed by atoms with Crippen molar-refractivity contribution in [1.29, 1.82) is 0 Å². The topological polar surface area (TPSA) is 26.3 Å². The molecule has 2 nitrogen and oxygen atoms in total. The van der Waals surface area contributed by atoms with E-state index in [-0.39, 0.29) is 28.5 Å². The van der Waals surface area contributed by atoms with E-state index in [0.29, 0.717) is 6.29 Å². The van der Waals surface area contributed by atoms with E-state index >= 15 is 0 Å². The molecular weight excluding hydrogens is 274 g/mol. The third-order valence-corrected chi connectivity index (χ3v) is 2.90. The van der Waals surface area contributed by atoms with Gasteiger partial charge in [0.15, 0.2) is 6.29 Å². The smallest absolute Gasteiger partial charge is 0.152 e. The van der Waals surface area contributed by atoms with Crippen LogP contribution in [0.15, 0.2) is 36.4 Å². The predicted molar refractivity (Wildman–Crippen MR) is 67.5 cm³/mol. The highest BCUT2D eigenvalue weighted by atomic mass is 35.5. The van der Waals surface area contributed by atoms with Gasteiger partial charge in [0.25, 0.3) is 0 Å². The van der Waals surface area contributed by atoms with E-state index in [1.807, 2.05) is 0 Å². The molecule has 0 aliphatic carbocycles. The van der Waals surface area contributed by atoms with Crippen LogP contribution < -0.4 is 4.74 Å². The maximum atomic E-state index is 13.5. The molecule has 0 N–H and O–H groups in total. The fourth-order valence-corrected chi connectivity index (χ4v) is 1.74. The summed E-state index contributed by atoms with van der Waals surface area (Å²) >= 11 is 5.83. The summed E-state index contributed by atoms with van der Waals surface area (Å²) in [6, 6.07) is 8.08. The average Bonchev–Trinajstić information content (AvgIpc) is 2.38. The maximum absolute atomic E-state index is 13.5. The first-order chi connectivity index (χ1) is 9.11. The minimum atomic E-state index is -0.688. The molecule has 0 fully saturated rings. The Balaban J connectivity index is 2.15. The second-order valence-electron chi connectivity index (χ2n) is 3.79. The molecule has 0 saturated carbocycles. The molecule has 0 amide bonds. The van der Waals surface area contributed by atoms with E-state index in [0.717, 1.165) is 6.07 Å². The molecule has 0 spiro atoms. The Hall–Kier alpha value is -1.94. The van der Waals surface area contributed by atoms with E-state index in [1.54, 1.807) is 6.07 Å². The van der Waals surface area contributed by atoms with Crippen LogP contribution in [0.4, 0.5) is 8.78 Å². The van der Waals surface area contributed by atoms with Crippen molar-refractivity contribution in [1.82, 2.24) is 0 Å². The molecule has 2 aromatic carbocycles. The van der Waals surface area contributed by atoms with Crippen LogP contribution in [0.1, 0.15) is 15.9 Å². The number of ether oxygens (including phenoxy) is 1. The first-order valence-corrected chi connectivity index (χ1v) is 5.80. The van der Waals surface area contributed by atoms with Gasteiger partial charge in [0.2, 0.25) is 0 Å². The van der Waals surface area contributed by atoms with E-state index in [2.05, 4.69) is 0 Å². The number of halogens is 3. The van der Waals surface area contributed by atoms with Crippen LogP contribution in [0, 0.1) is 11.6 Å². The third-order valence-electron chi connectivity index (χ3n) is 2.54. The number of benzene rings is 2. The van der Waals surface area contributed by atoms with Crippen molar-refractivity contribution in [3.63, 3.8) is 0 Å². The van der Waals surface area contributed by atoms with Crippen molar-refractivity contribution in [3.8, 4) is 5.75 Å². The van der Waals surface area contributed by atoms with Crippen LogP contribution in [0.2, 0.25) is 5.02 Å². The highest BCUT2D eigenvalue weighted by molar-refractivity contribution is 6.31. The summed E-state index contributed by atoms with van der Waals surface area (Å²) in [5.74, 6) is -0.980. The lowest BCUT2D eigenvalue weighted by Gasteiger charge is -2.09. The van der Waals surface area contributed by atoms with Crippen molar-refractivity contribution in [2.75, 3.05) is 0 Å². The number of aldehydes is 1. The van der Waals surface area contributed by atoms with Gasteiger partial charge in [-0.05, 0) is 24.3 Å². The molecule has 2 aromatic rings. The first-order valence-electron chi connectivity index (χ1n) is 5.42. The Labute approximate surface area is 113 Å². The molecular formula is C14H9ClF2O2. The number of rotatable bonds is 4. The van der Waals surface area contributed by atoms with Crippen molar-refractivity contribution >= 4 is 17.9 Å². The van der Waals surface area contributed by atoms with Gasteiger partial charge in [-0.1, -0.05) is 17.7 Å². The predicted octanol–water partition coefficient (Wildman–Crippen LogP) is 4.01. The summed E-state index contributed by atoms with van der Waals surface area (Å²) in [6.07, 6.45) is 0.410. The van der Waals surface area contributed by atoms with Crippen LogP contribution in [-0.2, 0) is 6.61 Å². The third kappa shape index (κ3) is 3.09. The fraction of sp³-hybridized carbons (Fsp3) is 0.0714. The summed E-state index contributed by atoms with van der Waals surface area (Å²) in [5.41, 5.74) is 0.139. The number of hydrogen-bond acceptors (Lipinski definition) is 2. The van der Waals surface area contributed by atoms with Crippen LogP contribution in [0.3, 0.4) is 0 Å². The number of carbonyl (C=O) groups is 1. The Morgan fingerprint density at radius 3 is 2.58 bits per heavy atom. The van der Waals surface area contributed by atoms with Crippen LogP contribution in [0.5, 0.6) is 5.75 Å². The molecule has 0 radical (unpaired) electrons. The Bertz CT molecular complexity index is 594. The van der Waals surface area contributed by atoms with Gasteiger partial charge in [-0.25, -0.2) is 8.78 Å². The molecule has 2 rings (SSSR count). The van der Waals surface area contributed by atoms with Gasteiger partial charge < -0.3 is 4.74 Å². The monoisotopic (exact) mass is 282 g/mol. The quantitative estimate of drug-likeness (QED) is 0.792. The Morgan fingerprint density at radius 2 is 1.95 bits per heavy atom. The van der Waals surface area contributed by atoms with Gasteiger partial charge in [0.1, 0.15) is 24.0 Å². The molecule has 0 atom stereocenters. The molecule has 0 saturated heterocycles. The van der Waals surface area contributed by atoms with Gasteiger partial charge in [-0.15, -0.1) is 0 Å². The minimum Gasteiger partial charge on any atom is -0.489 e. The van der Waals surface area contributed by atoms with Crippen molar-refractivity contribution < 1.29 is 18.3 Å². The van der Waals surface area contributed by atoms with Crippen LogP contribution in [0.25, 0.3) is 0 Å². The summed E-state index contributed by atoms with van der Waals surface area (Å²) in [7, 11) is 0. The van der Waals surface area contributed by atoms with Gasteiger partial charge in [-0.2, -0.15) is 0 Å². The van der Waals surface area contributed by atoms with Gasteiger partial charge >= 0.3 is 0 Å².